The second-order valence-electron chi connectivity index (χ2n) is 18.0. The van der Waals surface area contributed by atoms with E-state index < -0.39 is 11.6 Å². The minimum Gasteiger partial charge on any atom is -0.487 e. The number of allylic oxidation sites excluding steroid dienone is 3. The summed E-state index contributed by atoms with van der Waals surface area (Å²) in [6, 6.07) is 3.25. The van der Waals surface area contributed by atoms with E-state index in [2.05, 4.69) is 53.1 Å². The molecule has 5 fully saturated rings. The van der Waals surface area contributed by atoms with Gasteiger partial charge in [-0.25, -0.2) is 0 Å². The Kier molecular flexibility index (Phi) is 7.98. The molecule has 0 aliphatic heterocycles. The standard InChI is InChI=1S/C41H54ClNO5/c1-23(2)25-13-18-41(22-47-36-32(42)34(45)26-10-9-21-43-33(26)35(36)46)20-19-39(7)27(31(25)41)11-12-29-38(6)16-15-30(48-24(3)44)37(4,5)28(38)14-17-40(29,39)8/h9-10,21,25,27-31H,1,11-20,22H2,2-8H3/t25-,27+,28-,29+,30-,31+,38-,39+,40+,41+/m0/s1. The molecule has 6 aliphatic rings. The van der Waals surface area contributed by atoms with Crippen LogP contribution in [-0.2, 0) is 14.3 Å². The third-order valence-corrected chi connectivity index (χ3v) is 16.2. The Morgan fingerprint density at radius 2 is 1.67 bits per heavy atom. The van der Waals surface area contributed by atoms with Crippen molar-refractivity contribution in [2.24, 2.45) is 56.7 Å². The number of fused-ring (bicyclic) bond motifs is 8. The van der Waals surface area contributed by atoms with Gasteiger partial charge in [-0.1, -0.05) is 58.4 Å². The molecule has 1 aromatic heterocycles. The van der Waals surface area contributed by atoms with E-state index in [1.807, 2.05) is 0 Å². The third-order valence-electron chi connectivity index (χ3n) is 15.9. The first-order valence-electron chi connectivity index (χ1n) is 18.4. The van der Waals surface area contributed by atoms with Crippen molar-refractivity contribution < 1.29 is 23.9 Å². The number of Topliss-reactive ketones (excluding diaryl/α,β-unsaturated/α-hetero) is 2. The van der Waals surface area contributed by atoms with Crippen molar-refractivity contribution in [2.75, 3.05) is 6.61 Å². The van der Waals surface area contributed by atoms with Crippen LogP contribution < -0.4 is 0 Å². The molecule has 5 saturated carbocycles. The molecule has 0 saturated heterocycles. The smallest absolute Gasteiger partial charge is 0.302 e. The fourth-order valence-corrected chi connectivity index (χ4v) is 13.7. The van der Waals surface area contributed by atoms with Crippen LogP contribution in [0.25, 0.3) is 0 Å². The number of carbonyl (C=O) groups is 3. The summed E-state index contributed by atoms with van der Waals surface area (Å²) in [7, 11) is 0. The van der Waals surface area contributed by atoms with Gasteiger partial charge >= 0.3 is 5.97 Å². The number of halogens is 1. The second-order valence-corrected chi connectivity index (χ2v) is 18.4. The lowest BCUT2D eigenvalue weighted by atomic mass is 9.32. The Labute approximate surface area is 291 Å². The zero-order valence-corrected chi connectivity index (χ0v) is 30.8. The predicted octanol–water partition coefficient (Wildman–Crippen LogP) is 9.52. The number of carbonyl (C=O) groups excluding carboxylic acids is 3. The summed E-state index contributed by atoms with van der Waals surface area (Å²) in [5.41, 5.74) is 1.99. The fraction of sp³-hybridized carbons (Fsp3) is 0.707. The number of aromatic nitrogens is 1. The van der Waals surface area contributed by atoms with Crippen molar-refractivity contribution in [3.63, 3.8) is 0 Å². The molecule has 0 unspecified atom stereocenters. The summed E-state index contributed by atoms with van der Waals surface area (Å²) >= 11 is 6.56. The van der Waals surface area contributed by atoms with Gasteiger partial charge in [-0.2, -0.15) is 0 Å². The summed E-state index contributed by atoms with van der Waals surface area (Å²) < 4.78 is 12.4. The molecule has 0 radical (unpaired) electrons. The van der Waals surface area contributed by atoms with Crippen molar-refractivity contribution in [1.29, 1.82) is 0 Å². The van der Waals surface area contributed by atoms with E-state index in [9.17, 15) is 14.4 Å². The Bertz CT molecular complexity index is 1610. The van der Waals surface area contributed by atoms with Crippen molar-refractivity contribution in [3.05, 3.63) is 52.5 Å². The highest BCUT2D eigenvalue weighted by molar-refractivity contribution is 6.49. The molecule has 0 N–H and O–H groups in total. The Balaban J connectivity index is 1.19. The summed E-state index contributed by atoms with van der Waals surface area (Å²) in [6.07, 6.45) is 12.6. The highest BCUT2D eigenvalue weighted by Gasteiger charge is 2.71. The van der Waals surface area contributed by atoms with Gasteiger partial charge in [0.15, 0.2) is 5.76 Å². The molecule has 0 spiro atoms. The van der Waals surface area contributed by atoms with Crippen LogP contribution in [0.3, 0.4) is 0 Å². The lowest BCUT2D eigenvalue weighted by Crippen LogP contribution is -2.67. The summed E-state index contributed by atoms with van der Waals surface area (Å²) in [5, 5.41) is -0.132. The first kappa shape index (κ1) is 34.0. The Morgan fingerprint density at radius 3 is 2.38 bits per heavy atom. The van der Waals surface area contributed by atoms with Crippen LogP contribution in [0.15, 0.2) is 41.3 Å². The Hall–Kier alpha value is -2.47. The van der Waals surface area contributed by atoms with Gasteiger partial charge in [-0.3, -0.25) is 19.4 Å². The molecule has 1 heterocycles. The van der Waals surface area contributed by atoms with Crippen LogP contribution in [-0.4, -0.2) is 35.2 Å². The maximum absolute atomic E-state index is 13.5. The summed E-state index contributed by atoms with van der Waals surface area (Å²) in [5.74, 6) is 1.44. The van der Waals surface area contributed by atoms with Crippen LogP contribution >= 0.6 is 11.6 Å². The average Bonchev–Trinajstić information content (AvgIpc) is 3.42. The Morgan fingerprint density at radius 1 is 0.917 bits per heavy atom. The molecule has 1 aromatic rings. The molecule has 260 valence electrons. The van der Waals surface area contributed by atoms with Gasteiger partial charge in [0.05, 0.1) is 12.2 Å². The molecular weight excluding hydrogens is 622 g/mol. The molecule has 10 atom stereocenters. The minimum atomic E-state index is -0.400. The molecule has 0 aromatic carbocycles. The number of nitrogens with zero attached hydrogens (tertiary/aromatic N) is 1. The predicted molar refractivity (Wildman–Crippen MR) is 186 cm³/mol. The first-order chi connectivity index (χ1) is 22.5. The summed E-state index contributed by atoms with van der Waals surface area (Å²) in [6.45, 7) is 21.2. The average molecular weight is 676 g/mol. The second kappa shape index (κ2) is 11.3. The lowest BCUT2D eigenvalue weighted by Gasteiger charge is -2.73. The van der Waals surface area contributed by atoms with Crippen LogP contribution in [0.2, 0.25) is 0 Å². The third kappa shape index (κ3) is 4.55. The van der Waals surface area contributed by atoms with Gasteiger partial charge in [0, 0.05) is 24.0 Å². The van der Waals surface area contributed by atoms with Crippen molar-refractivity contribution in [1.82, 2.24) is 4.98 Å². The molecule has 7 rings (SSSR count). The SMILES string of the molecule is C=C(C)[C@@H]1CC[C@]2(COC3=C(Cl)C(=O)c4cccnc4C3=O)CC[C@]3(C)[C@H](CC[C@@H]4[C@@]5(C)CC[C@H](OC(C)=O)C(C)(C)[C@@H]5CC[C@]43C)[C@@H]12. The highest BCUT2D eigenvalue weighted by atomic mass is 35.5. The normalized spacial score (nSPS) is 42.9. The number of esters is 1. The van der Waals surface area contributed by atoms with Crippen LogP contribution in [0.5, 0.6) is 0 Å². The zero-order valence-electron chi connectivity index (χ0n) is 30.0. The van der Waals surface area contributed by atoms with Gasteiger partial charge in [-0.05, 0) is 129 Å². The van der Waals surface area contributed by atoms with Crippen molar-refractivity contribution in [2.45, 2.75) is 119 Å². The fourth-order valence-electron chi connectivity index (χ4n) is 13.5. The number of rotatable bonds is 5. The molecule has 7 heteroatoms. The number of ether oxygens (including phenoxy) is 2. The zero-order chi connectivity index (χ0) is 34.6. The highest BCUT2D eigenvalue weighted by Crippen LogP contribution is 2.77. The molecular formula is C41H54ClNO5. The van der Waals surface area contributed by atoms with Gasteiger partial charge in [-0.15, -0.1) is 0 Å². The van der Waals surface area contributed by atoms with Crippen LogP contribution in [0, 0.1) is 56.7 Å². The van der Waals surface area contributed by atoms with Crippen LogP contribution in [0.1, 0.15) is 134 Å². The first-order valence-corrected chi connectivity index (χ1v) is 18.8. The quantitative estimate of drug-likeness (QED) is 0.228. The van der Waals surface area contributed by atoms with E-state index in [1.165, 1.54) is 31.0 Å². The molecule has 6 nitrogen and oxygen atoms in total. The largest absolute Gasteiger partial charge is 0.487 e. The maximum atomic E-state index is 13.5. The molecule has 0 bridgehead atoms. The van der Waals surface area contributed by atoms with Crippen LogP contribution in [0.4, 0.5) is 0 Å². The number of hydrogen-bond acceptors (Lipinski definition) is 6. The van der Waals surface area contributed by atoms with Gasteiger partial charge in [0.2, 0.25) is 11.6 Å². The molecule has 6 aliphatic carbocycles. The number of ketones is 2. The van der Waals surface area contributed by atoms with Gasteiger partial charge < -0.3 is 9.47 Å². The number of pyridine rings is 1. The number of hydrogen-bond donors (Lipinski definition) is 0. The topological polar surface area (TPSA) is 82.6 Å². The monoisotopic (exact) mass is 675 g/mol. The molecule has 48 heavy (non-hydrogen) atoms. The van der Waals surface area contributed by atoms with Gasteiger partial charge in [0.25, 0.3) is 0 Å². The minimum absolute atomic E-state index is 0.0197. The summed E-state index contributed by atoms with van der Waals surface area (Å²) in [4.78, 5) is 42.9. The van der Waals surface area contributed by atoms with Crippen molar-refractivity contribution >= 4 is 29.1 Å². The van der Waals surface area contributed by atoms with E-state index in [4.69, 9.17) is 21.1 Å². The van der Waals surface area contributed by atoms with E-state index in [1.54, 1.807) is 19.1 Å². The van der Waals surface area contributed by atoms with Crippen molar-refractivity contribution in [3.8, 4) is 0 Å². The van der Waals surface area contributed by atoms with Gasteiger partial charge in [0.1, 0.15) is 16.8 Å². The lowest BCUT2D eigenvalue weighted by molar-refractivity contribution is -0.251. The molecule has 0 amide bonds. The van der Waals surface area contributed by atoms with E-state index in [-0.39, 0.29) is 61.2 Å². The maximum Gasteiger partial charge on any atom is 0.302 e. The van der Waals surface area contributed by atoms with E-state index in [0.717, 1.165) is 44.9 Å². The van der Waals surface area contributed by atoms with E-state index in [0.29, 0.717) is 36.2 Å². The van der Waals surface area contributed by atoms with E-state index >= 15 is 0 Å².